The largest absolute Gasteiger partial charge is 0.490 e. The fourth-order valence-corrected chi connectivity index (χ4v) is 3.67. The van der Waals surface area contributed by atoms with Gasteiger partial charge in [0.25, 0.3) is 0 Å². The summed E-state index contributed by atoms with van der Waals surface area (Å²) in [4.78, 5) is 0. The van der Waals surface area contributed by atoms with Gasteiger partial charge in [-0.2, -0.15) is 4.39 Å². The molecule has 0 saturated carbocycles. The molecule has 0 amide bonds. The highest BCUT2D eigenvalue weighted by Crippen LogP contribution is 2.30. The number of benzene rings is 2. The maximum atomic E-state index is 14.3. The average Bonchev–Trinajstić information content (AvgIpc) is 2.77. The Bertz CT molecular complexity index is 784. The van der Waals surface area contributed by atoms with E-state index in [1.54, 1.807) is 0 Å². The first-order chi connectivity index (χ1) is 14.6. The van der Waals surface area contributed by atoms with Crippen LogP contribution in [0.2, 0.25) is 0 Å². The zero-order valence-corrected chi connectivity index (χ0v) is 18.0. The Hall–Kier alpha value is -1.98. The third-order valence-electron chi connectivity index (χ3n) is 5.53. The molecule has 0 radical (unpaired) electrons. The Morgan fingerprint density at radius 3 is 2.43 bits per heavy atom. The first-order valence-electron chi connectivity index (χ1n) is 11.0. The lowest BCUT2D eigenvalue weighted by molar-refractivity contribution is -0.174. The second-order valence-corrected chi connectivity index (χ2v) is 7.89. The van der Waals surface area contributed by atoms with E-state index in [-0.39, 0.29) is 17.9 Å². The molecular formula is C25H32F2O3. The molecule has 2 atom stereocenters. The van der Waals surface area contributed by atoms with Gasteiger partial charge in [0.05, 0.1) is 19.8 Å². The molecular weight excluding hydrogens is 386 g/mol. The first kappa shape index (κ1) is 22.7. The van der Waals surface area contributed by atoms with E-state index in [1.165, 1.54) is 23.3 Å². The maximum Gasteiger partial charge on any atom is 0.200 e. The van der Waals surface area contributed by atoms with E-state index in [1.807, 2.05) is 6.92 Å². The van der Waals surface area contributed by atoms with Gasteiger partial charge < -0.3 is 14.2 Å². The van der Waals surface area contributed by atoms with Crippen LogP contribution in [-0.4, -0.2) is 19.5 Å². The Kier molecular flexibility index (Phi) is 8.64. The number of ether oxygens (including phenoxy) is 3. The fourth-order valence-electron chi connectivity index (χ4n) is 3.67. The van der Waals surface area contributed by atoms with Crippen molar-refractivity contribution in [3.8, 4) is 5.75 Å². The third kappa shape index (κ3) is 6.02. The predicted molar refractivity (Wildman–Crippen MR) is 114 cm³/mol. The van der Waals surface area contributed by atoms with Crippen molar-refractivity contribution in [2.75, 3.05) is 13.2 Å². The molecule has 5 heteroatoms. The van der Waals surface area contributed by atoms with Crippen LogP contribution in [0.4, 0.5) is 8.78 Å². The molecule has 0 spiro atoms. The minimum atomic E-state index is -0.955. The van der Waals surface area contributed by atoms with Gasteiger partial charge in [-0.1, -0.05) is 51.0 Å². The summed E-state index contributed by atoms with van der Waals surface area (Å²) in [6, 6.07) is 11.7. The summed E-state index contributed by atoms with van der Waals surface area (Å²) in [6.45, 7) is 5.11. The van der Waals surface area contributed by atoms with Gasteiger partial charge in [0.2, 0.25) is 5.82 Å². The van der Waals surface area contributed by atoms with Gasteiger partial charge in [-0.3, -0.25) is 0 Å². The highest BCUT2D eigenvalue weighted by molar-refractivity contribution is 5.31. The van der Waals surface area contributed by atoms with Crippen molar-refractivity contribution in [1.82, 2.24) is 0 Å². The first-order valence-corrected chi connectivity index (χ1v) is 11.0. The molecule has 1 aliphatic heterocycles. The Labute approximate surface area is 178 Å². The lowest BCUT2D eigenvalue weighted by atomic mass is 9.92. The molecule has 1 heterocycles. The summed E-state index contributed by atoms with van der Waals surface area (Å²) in [6.07, 6.45) is 5.24. The molecule has 1 saturated heterocycles. The van der Waals surface area contributed by atoms with Gasteiger partial charge in [0.15, 0.2) is 17.9 Å². The number of rotatable bonds is 10. The predicted octanol–water partition coefficient (Wildman–Crippen LogP) is 6.53. The molecule has 1 fully saturated rings. The molecule has 3 rings (SSSR count). The van der Waals surface area contributed by atoms with Crippen molar-refractivity contribution >= 4 is 0 Å². The Balaban J connectivity index is 1.48. The van der Waals surface area contributed by atoms with Gasteiger partial charge in [-0.05, 0) is 48.9 Å². The van der Waals surface area contributed by atoms with Crippen molar-refractivity contribution in [3.63, 3.8) is 0 Å². The van der Waals surface area contributed by atoms with E-state index >= 15 is 0 Å². The minimum absolute atomic E-state index is 0.0287. The molecule has 30 heavy (non-hydrogen) atoms. The Morgan fingerprint density at radius 2 is 1.77 bits per heavy atom. The molecule has 3 nitrogen and oxygen atoms in total. The van der Waals surface area contributed by atoms with Crippen LogP contribution in [0.3, 0.4) is 0 Å². The standard InChI is InChI=1S/C25H32F2O3/c1-3-5-15-28-22-13-11-21(24(26)25(22)27)17-30-23-14-12-20(16-29-23)19-9-7-18(6-4-2)8-10-19/h7-11,13,20,23H,3-6,12,14-17H2,1-2H3. The van der Waals surface area contributed by atoms with Crippen LogP contribution in [0.5, 0.6) is 5.75 Å². The number of unbranched alkanes of at least 4 members (excludes halogenated alkanes) is 1. The van der Waals surface area contributed by atoms with Crippen molar-refractivity contribution < 1.29 is 23.0 Å². The van der Waals surface area contributed by atoms with Crippen LogP contribution in [0.15, 0.2) is 36.4 Å². The number of hydrogen-bond donors (Lipinski definition) is 0. The third-order valence-corrected chi connectivity index (χ3v) is 5.53. The van der Waals surface area contributed by atoms with Crippen molar-refractivity contribution in [3.05, 3.63) is 64.7 Å². The highest BCUT2D eigenvalue weighted by Gasteiger charge is 2.24. The molecule has 2 aromatic rings. The second-order valence-electron chi connectivity index (χ2n) is 7.89. The van der Waals surface area contributed by atoms with E-state index in [2.05, 4.69) is 31.2 Å². The zero-order chi connectivity index (χ0) is 21.3. The van der Waals surface area contributed by atoms with Gasteiger partial charge in [0, 0.05) is 11.5 Å². The van der Waals surface area contributed by atoms with Gasteiger partial charge >= 0.3 is 0 Å². The molecule has 0 aromatic heterocycles. The quantitative estimate of drug-likeness (QED) is 0.410. The topological polar surface area (TPSA) is 27.7 Å². The maximum absolute atomic E-state index is 14.3. The van der Waals surface area contributed by atoms with Crippen LogP contribution < -0.4 is 4.74 Å². The van der Waals surface area contributed by atoms with Crippen LogP contribution >= 0.6 is 0 Å². The molecule has 0 aliphatic carbocycles. The summed E-state index contributed by atoms with van der Waals surface area (Å²) >= 11 is 0. The number of halogens is 2. The van der Waals surface area contributed by atoms with E-state index < -0.39 is 17.9 Å². The lowest BCUT2D eigenvalue weighted by Crippen LogP contribution is -2.27. The second kappa shape index (κ2) is 11.4. The molecule has 2 aromatic carbocycles. The number of hydrogen-bond acceptors (Lipinski definition) is 3. The molecule has 164 valence electrons. The molecule has 0 bridgehead atoms. The normalized spacial score (nSPS) is 19.1. The van der Waals surface area contributed by atoms with Crippen LogP contribution in [0.1, 0.15) is 68.6 Å². The van der Waals surface area contributed by atoms with E-state index in [0.29, 0.717) is 19.1 Å². The van der Waals surface area contributed by atoms with Crippen molar-refractivity contribution in [1.29, 1.82) is 0 Å². The van der Waals surface area contributed by atoms with Crippen molar-refractivity contribution in [2.24, 2.45) is 0 Å². The molecule has 1 aliphatic rings. The summed E-state index contributed by atoms with van der Waals surface area (Å²) < 4.78 is 45.4. The van der Waals surface area contributed by atoms with Crippen LogP contribution in [0, 0.1) is 11.6 Å². The summed E-state index contributed by atoms with van der Waals surface area (Å²) in [5, 5.41) is 0. The summed E-state index contributed by atoms with van der Waals surface area (Å²) in [5.41, 5.74) is 2.81. The number of aryl methyl sites for hydroxylation is 1. The fraction of sp³-hybridized carbons (Fsp3) is 0.520. The average molecular weight is 419 g/mol. The monoisotopic (exact) mass is 418 g/mol. The minimum Gasteiger partial charge on any atom is -0.490 e. The van der Waals surface area contributed by atoms with Gasteiger partial charge in [-0.25, -0.2) is 4.39 Å². The van der Waals surface area contributed by atoms with Gasteiger partial charge in [-0.15, -0.1) is 0 Å². The van der Waals surface area contributed by atoms with Crippen LogP contribution in [0.25, 0.3) is 0 Å². The molecule has 2 unspecified atom stereocenters. The van der Waals surface area contributed by atoms with Crippen LogP contribution in [-0.2, 0) is 22.5 Å². The van der Waals surface area contributed by atoms with Gasteiger partial charge in [0.1, 0.15) is 0 Å². The zero-order valence-electron chi connectivity index (χ0n) is 18.0. The SMILES string of the molecule is CCCCOc1ccc(COC2CCC(c3ccc(CCC)cc3)CO2)c(F)c1F. The van der Waals surface area contributed by atoms with Crippen molar-refractivity contribution in [2.45, 2.75) is 71.2 Å². The highest BCUT2D eigenvalue weighted by atomic mass is 19.2. The smallest absolute Gasteiger partial charge is 0.200 e. The Morgan fingerprint density at radius 1 is 0.967 bits per heavy atom. The van der Waals surface area contributed by atoms with E-state index in [0.717, 1.165) is 38.5 Å². The summed E-state index contributed by atoms with van der Waals surface area (Å²) in [5.74, 6) is -1.58. The lowest BCUT2D eigenvalue weighted by Gasteiger charge is -2.29. The van der Waals surface area contributed by atoms with E-state index in [4.69, 9.17) is 14.2 Å². The molecule has 0 N–H and O–H groups in total. The van der Waals surface area contributed by atoms with E-state index in [9.17, 15) is 8.78 Å². The summed E-state index contributed by atoms with van der Waals surface area (Å²) in [7, 11) is 0.